The minimum atomic E-state index is -1.07. The van der Waals surface area contributed by atoms with Crippen molar-refractivity contribution in [1.29, 1.82) is 0 Å². The average molecular weight is 381 g/mol. The zero-order valence-corrected chi connectivity index (χ0v) is 15.6. The molecular formula is C21H19NO4S. The number of carboxylic acids is 1. The maximum atomic E-state index is 12.3. The van der Waals surface area contributed by atoms with Gasteiger partial charge in [0.05, 0.1) is 17.7 Å². The van der Waals surface area contributed by atoms with Crippen LogP contribution in [0, 0.1) is 0 Å². The van der Waals surface area contributed by atoms with E-state index in [0.717, 1.165) is 11.1 Å². The number of benzene rings is 2. The van der Waals surface area contributed by atoms with Crippen LogP contribution in [0.25, 0.3) is 10.4 Å². The number of hydrogen-bond acceptors (Lipinski definition) is 4. The second-order valence-electron chi connectivity index (χ2n) is 5.92. The molecule has 138 valence electrons. The molecule has 0 aliphatic carbocycles. The number of aryl methyl sites for hydroxylation is 1. The van der Waals surface area contributed by atoms with Crippen LogP contribution in [0.4, 0.5) is 5.69 Å². The quantitative estimate of drug-likeness (QED) is 0.622. The van der Waals surface area contributed by atoms with Gasteiger partial charge in [0.1, 0.15) is 11.3 Å². The summed E-state index contributed by atoms with van der Waals surface area (Å²) in [7, 11) is 1.58. The Kier molecular flexibility index (Phi) is 5.88. The van der Waals surface area contributed by atoms with Crippen LogP contribution < -0.4 is 10.1 Å². The third kappa shape index (κ3) is 4.54. The van der Waals surface area contributed by atoms with Gasteiger partial charge in [0.25, 0.3) is 0 Å². The van der Waals surface area contributed by atoms with Gasteiger partial charge in [-0.25, -0.2) is 4.79 Å². The second-order valence-corrected chi connectivity index (χ2v) is 6.80. The van der Waals surface area contributed by atoms with Crippen molar-refractivity contribution in [3.05, 3.63) is 71.1 Å². The number of thiophene rings is 1. The molecule has 0 saturated carbocycles. The number of rotatable bonds is 7. The smallest absolute Gasteiger partial charge is 0.339 e. The lowest BCUT2D eigenvalue weighted by Gasteiger charge is -2.07. The zero-order valence-electron chi connectivity index (χ0n) is 14.8. The lowest BCUT2D eigenvalue weighted by atomic mass is 10.1. The molecule has 0 bridgehead atoms. The van der Waals surface area contributed by atoms with Crippen molar-refractivity contribution in [1.82, 2.24) is 0 Å². The van der Waals surface area contributed by atoms with Crippen LogP contribution in [-0.4, -0.2) is 24.1 Å². The van der Waals surface area contributed by atoms with E-state index in [2.05, 4.69) is 5.32 Å². The molecule has 27 heavy (non-hydrogen) atoms. The number of hydrogen-bond donors (Lipinski definition) is 2. The standard InChI is InChI=1S/C21H19NO4S/c1-26-16-10-8-15(9-11-16)20-19(21(24)25)17(13-27-20)22-18(23)12-7-14-5-3-2-4-6-14/h2-6,8-11,13H,7,12H2,1H3,(H,22,23)(H,24,25). The molecule has 1 aromatic heterocycles. The van der Waals surface area contributed by atoms with Crippen molar-refractivity contribution >= 4 is 28.9 Å². The minimum absolute atomic E-state index is 0.109. The van der Waals surface area contributed by atoms with Crippen molar-refractivity contribution in [3.63, 3.8) is 0 Å². The van der Waals surface area contributed by atoms with E-state index < -0.39 is 5.97 Å². The highest BCUT2D eigenvalue weighted by atomic mass is 32.1. The molecule has 2 N–H and O–H groups in total. The van der Waals surface area contributed by atoms with Crippen LogP contribution in [0.1, 0.15) is 22.3 Å². The third-order valence-electron chi connectivity index (χ3n) is 4.11. The zero-order chi connectivity index (χ0) is 19.2. The molecule has 0 spiro atoms. The van der Waals surface area contributed by atoms with Gasteiger partial charge in [-0.1, -0.05) is 30.3 Å². The van der Waals surface area contributed by atoms with Crippen LogP contribution in [0.5, 0.6) is 5.75 Å². The molecule has 3 aromatic rings. The predicted octanol–water partition coefficient (Wildman–Crippen LogP) is 4.69. The Labute approximate surface area is 161 Å². The van der Waals surface area contributed by atoms with Crippen molar-refractivity contribution in [3.8, 4) is 16.2 Å². The van der Waals surface area contributed by atoms with Crippen molar-refractivity contribution in [2.75, 3.05) is 12.4 Å². The van der Waals surface area contributed by atoms with Gasteiger partial charge in [-0.05, 0) is 41.8 Å². The third-order valence-corrected chi connectivity index (χ3v) is 5.14. The molecule has 0 unspecified atom stereocenters. The predicted molar refractivity (Wildman–Crippen MR) is 107 cm³/mol. The maximum Gasteiger partial charge on any atom is 0.339 e. The monoisotopic (exact) mass is 381 g/mol. The fourth-order valence-corrected chi connectivity index (χ4v) is 3.73. The van der Waals surface area contributed by atoms with E-state index >= 15 is 0 Å². The molecular weight excluding hydrogens is 362 g/mol. The maximum absolute atomic E-state index is 12.3. The first-order valence-corrected chi connectivity index (χ1v) is 9.29. The minimum Gasteiger partial charge on any atom is -0.497 e. The topological polar surface area (TPSA) is 75.6 Å². The highest BCUT2D eigenvalue weighted by Gasteiger charge is 2.21. The van der Waals surface area contributed by atoms with E-state index in [1.165, 1.54) is 11.3 Å². The molecule has 0 fully saturated rings. The Morgan fingerprint density at radius 1 is 1.07 bits per heavy atom. The van der Waals surface area contributed by atoms with Crippen LogP contribution in [0.15, 0.2) is 60.0 Å². The Morgan fingerprint density at radius 2 is 1.78 bits per heavy atom. The van der Waals surface area contributed by atoms with Crippen LogP contribution in [0.2, 0.25) is 0 Å². The molecule has 0 radical (unpaired) electrons. The van der Waals surface area contributed by atoms with Crippen LogP contribution in [-0.2, 0) is 11.2 Å². The lowest BCUT2D eigenvalue weighted by Crippen LogP contribution is -2.14. The van der Waals surface area contributed by atoms with Crippen molar-refractivity contribution < 1.29 is 19.4 Å². The summed E-state index contributed by atoms with van der Waals surface area (Å²) < 4.78 is 5.13. The summed E-state index contributed by atoms with van der Waals surface area (Å²) in [4.78, 5) is 24.7. The van der Waals surface area contributed by atoms with E-state index in [-0.39, 0.29) is 17.9 Å². The molecule has 3 rings (SSSR count). The summed E-state index contributed by atoms with van der Waals surface area (Å²) in [6.07, 6.45) is 0.890. The first kappa shape index (κ1) is 18.7. The number of anilines is 1. The number of nitrogens with one attached hydrogen (secondary N) is 1. The normalized spacial score (nSPS) is 10.4. The molecule has 2 aromatic carbocycles. The fraction of sp³-hybridized carbons (Fsp3) is 0.143. The SMILES string of the molecule is COc1ccc(-c2scc(NC(=O)CCc3ccccc3)c2C(=O)O)cc1. The van der Waals surface area contributed by atoms with Gasteiger partial charge in [0.2, 0.25) is 5.91 Å². The first-order chi connectivity index (χ1) is 13.1. The van der Waals surface area contributed by atoms with Crippen LogP contribution in [0.3, 0.4) is 0 Å². The van der Waals surface area contributed by atoms with Crippen molar-refractivity contribution in [2.45, 2.75) is 12.8 Å². The van der Waals surface area contributed by atoms with E-state index in [0.29, 0.717) is 22.7 Å². The number of amides is 1. The van der Waals surface area contributed by atoms with Gasteiger partial charge in [-0.3, -0.25) is 4.79 Å². The summed E-state index contributed by atoms with van der Waals surface area (Å²) >= 11 is 1.29. The second kappa shape index (κ2) is 8.51. The van der Waals surface area contributed by atoms with Gasteiger partial charge in [0, 0.05) is 11.8 Å². The molecule has 0 saturated heterocycles. The fourth-order valence-electron chi connectivity index (χ4n) is 2.73. The first-order valence-electron chi connectivity index (χ1n) is 8.41. The lowest BCUT2D eigenvalue weighted by molar-refractivity contribution is -0.116. The summed E-state index contributed by atoms with van der Waals surface area (Å²) in [6, 6.07) is 16.9. The summed E-state index contributed by atoms with van der Waals surface area (Å²) in [5.74, 6) is -0.581. The Balaban J connectivity index is 1.76. The molecule has 5 nitrogen and oxygen atoms in total. The molecule has 0 aliphatic rings. The van der Waals surface area contributed by atoms with Gasteiger partial charge in [0.15, 0.2) is 0 Å². The average Bonchev–Trinajstić information content (AvgIpc) is 3.11. The summed E-state index contributed by atoms with van der Waals surface area (Å²) in [6.45, 7) is 0. The Bertz CT molecular complexity index is 933. The summed E-state index contributed by atoms with van der Waals surface area (Å²) in [5.41, 5.74) is 2.27. The molecule has 6 heteroatoms. The number of aromatic carboxylic acids is 1. The molecule has 1 heterocycles. The van der Waals surface area contributed by atoms with Gasteiger partial charge in [-0.15, -0.1) is 11.3 Å². The van der Waals surface area contributed by atoms with E-state index in [1.807, 2.05) is 30.3 Å². The largest absolute Gasteiger partial charge is 0.497 e. The number of carbonyl (C=O) groups excluding carboxylic acids is 1. The number of carbonyl (C=O) groups is 2. The molecule has 0 atom stereocenters. The summed E-state index contributed by atoms with van der Waals surface area (Å²) in [5, 5.41) is 14.1. The van der Waals surface area contributed by atoms with Gasteiger partial charge >= 0.3 is 5.97 Å². The molecule has 1 amide bonds. The number of methoxy groups -OCH3 is 1. The van der Waals surface area contributed by atoms with E-state index in [1.54, 1.807) is 36.8 Å². The van der Waals surface area contributed by atoms with Gasteiger partial charge in [-0.2, -0.15) is 0 Å². The molecule has 0 aliphatic heterocycles. The number of carboxylic acid groups (broad SMARTS) is 1. The van der Waals surface area contributed by atoms with Crippen molar-refractivity contribution in [2.24, 2.45) is 0 Å². The van der Waals surface area contributed by atoms with Gasteiger partial charge < -0.3 is 15.2 Å². The highest BCUT2D eigenvalue weighted by Crippen LogP contribution is 2.36. The van der Waals surface area contributed by atoms with E-state index in [9.17, 15) is 14.7 Å². The Hall–Kier alpha value is -3.12. The highest BCUT2D eigenvalue weighted by molar-refractivity contribution is 7.14. The number of ether oxygens (including phenoxy) is 1. The van der Waals surface area contributed by atoms with E-state index in [4.69, 9.17) is 4.74 Å². The van der Waals surface area contributed by atoms with Crippen LogP contribution >= 0.6 is 11.3 Å². The Morgan fingerprint density at radius 3 is 2.41 bits per heavy atom.